The van der Waals surface area contributed by atoms with Crippen molar-refractivity contribution in [1.82, 2.24) is 9.78 Å². The zero-order chi connectivity index (χ0) is 18.6. The number of rotatable bonds is 7. The number of aryl methyl sites for hydroxylation is 1. The number of nitrogens with two attached hydrogens (primary N) is 1. The van der Waals surface area contributed by atoms with Crippen LogP contribution < -0.4 is 10.2 Å². The number of furan rings is 1. The minimum Gasteiger partial charge on any atom is -0.463 e. The molecule has 0 radical (unpaired) electrons. The summed E-state index contributed by atoms with van der Waals surface area (Å²) in [6.45, 7) is 8.79. The number of benzene rings is 1. The third-order valence-electron chi connectivity index (χ3n) is 5.82. The quantitative estimate of drug-likeness (QED) is 0.667. The highest BCUT2D eigenvalue weighted by molar-refractivity contribution is 5.36. The molecule has 0 aliphatic carbocycles. The monoisotopic (exact) mass is 366 g/mol. The number of para-hydroxylation sites is 1. The summed E-state index contributed by atoms with van der Waals surface area (Å²) in [7, 11) is 0. The Balaban J connectivity index is 1.46. The van der Waals surface area contributed by atoms with Gasteiger partial charge in [-0.15, -0.1) is 0 Å². The molecule has 0 amide bonds. The Hall–Kier alpha value is -2.37. The van der Waals surface area contributed by atoms with E-state index >= 15 is 0 Å². The fourth-order valence-corrected chi connectivity index (χ4v) is 4.34. The molecule has 2 aromatic heterocycles. The Morgan fingerprint density at radius 1 is 1.11 bits per heavy atom. The van der Waals surface area contributed by atoms with E-state index in [0.717, 1.165) is 30.2 Å². The molecule has 1 aliphatic rings. The summed E-state index contributed by atoms with van der Waals surface area (Å²) < 4.78 is 7.83. The Morgan fingerprint density at radius 2 is 1.89 bits per heavy atom. The van der Waals surface area contributed by atoms with Crippen molar-refractivity contribution in [2.24, 2.45) is 0 Å². The van der Waals surface area contributed by atoms with Gasteiger partial charge in [-0.1, -0.05) is 18.2 Å². The summed E-state index contributed by atoms with van der Waals surface area (Å²) in [5.74, 6) is 1.12. The largest absolute Gasteiger partial charge is 0.463 e. The van der Waals surface area contributed by atoms with Gasteiger partial charge in [-0.05, 0) is 38.1 Å². The van der Waals surface area contributed by atoms with Crippen LogP contribution in [0.1, 0.15) is 41.6 Å². The lowest BCUT2D eigenvalue weighted by atomic mass is 10.1. The fraction of sp³-hybridized carbons (Fsp3) is 0.409. The molecule has 1 aromatic carbocycles. The zero-order valence-electron chi connectivity index (χ0n) is 16.3. The predicted octanol–water partition coefficient (Wildman–Crippen LogP) is 1.57. The van der Waals surface area contributed by atoms with E-state index in [4.69, 9.17) is 9.52 Å². The summed E-state index contributed by atoms with van der Waals surface area (Å²) in [6.07, 6.45) is 4.46. The van der Waals surface area contributed by atoms with E-state index in [1.807, 2.05) is 12.1 Å². The molecule has 1 fully saturated rings. The van der Waals surface area contributed by atoms with Gasteiger partial charge in [0, 0.05) is 12.8 Å². The van der Waals surface area contributed by atoms with Crippen molar-refractivity contribution >= 4 is 0 Å². The highest BCUT2D eigenvalue weighted by atomic mass is 16.3. The molecule has 3 aromatic rings. The lowest BCUT2D eigenvalue weighted by Gasteiger charge is -2.21. The van der Waals surface area contributed by atoms with Crippen molar-refractivity contribution in [1.29, 1.82) is 0 Å². The molecule has 3 heterocycles. The average Bonchev–Trinajstić information content (AvgIpc) is 3.44. The van der Waals surface area contributed by atoms with Gasteiger partial charge < -0.3 is 14.6 Å². The highest BCUT2D eigenvalue weighted by Gasteiger charge is 2.31. The molecule has 3 N–H and O–H groups in total. The second-order valence-electron chi connectivity index (χ2n) is 7.56. The van der Waals surface area contributed by atoms with Crippen LogP contribution in [-0.4, -0.2) is 29.4 Å². The first-order valence-electron chi connectivity index (χ1n) is 10.0. The van der Waals surface area contributed by atoms with Crippen molar-refractivity contribution in [2.45, 2.75) is 39.3 Å². The number of nitrogens with zero attached hydrogens (tertiary/aromatic N) is 2. The summed E-state index contributed by atoms with van der Waals surface area (Å²) in [5, 5.41) is 7.20. The van der Waals surface area contributed by atoms with Crippen LogP contribution in [0.15, 0.2) is 53.1 Å². The van der Waals surface area contributed by atoms with Gasteiger partial charge in [0.2, 0.25) is 0 Å². The third-order valence-corrected chi connectivity index (χ3v) is 5.82. The van der Waals surface area contributed by atoms with Crippen molar-refractivity contribution in [3.8, 4) is 5.69 Å². The molecule has 0 unspecified atom stereocenters. The molecule has 142 valence electrons. The maximum absolute atomic E-state index is 5.76. The zero-order valence-corrected chi connectivity index (χ0v) is 16.3. The van der Waals surface area contributed by atoms with Crippen molar-refractivity contribution in [2.75, 3.05) is 19.6 Å². The van der Waals surface area contributed by atoms with E-state index in [9.17, 15) is 0 Å². The smallest absolute Gasteiger partial charge is 0.195 e. The standard InChI is InChI=1S/C22H28N4O/c1-17-20(18(2)26(24-17)19-9-4-3-5-10-19)15-23-16-21(22-11-8-14-27-22)25-12-6-7-13-25/h3-5,8-11,14,21,23H,6-7,12-13,15-16H2,1-2H3/p+2/t21-/m1/s1. The van der Waals surface area contributed by atoms with Crippen LogP contribution >= 0.6 is 0 Å². The third kappa shape index (κ3) is 3.84. The summed E-state index contributed by atoms with van der Waals surface area (Å²) >= 11 is 0. The van der Waals surface area contributed by atoms with E-state index in [2.05, 4.69) is 54.2 Å². The van der Waals surface area contributed by atoms with Gasteiger partial charge in [0.1, 0.15) is 13.1 Å². The van der Waals surface area contributed by atoms with Crippen molar-refractivity contribution in [3.63, 3.8) is 0 Å². The first-order chi connectivity index (χ1) is 13.2. The van der Waals surface area contributed by atoms with Gasteiger partial charge in [-0.2, -0.15) is 5.10 Å². The fourth-order valence-electron chi connectivity index (χ4n) is 4.34. The summed E-state index contributed by atoms with van der Waals surface area (Å²) in [4.78, 5) is 1.66. The van der Waals surface area contributed by atoms with Crippen LogP contribution in [-0.2, 0) is 6.54 Å². The lowest BCUT2D eigenvalue weighted by Crippen LogP contribution is -3.13. The first-order valence-corrected chi connectivity index (χ1v) is 10.0. The molecular formula is C22H30N4O+2. The molecule has 0 spiro atoms. The van der Waals surface area contributed by atoms with Crippen LogP contribution in [0.3, 0.4) is 0 Å². The molecule has 0 bridgehead atoms. The minimum absolute atomic E-state index is 0.437. The second-order valence-corrected chi connectivity index (χ2v) is 7.56. The molecule has 27 heavy (non-hydrogen) atoms. The Morgan fingerprint density at radius 3 is 2.59 bits per heavy atom. The highest BCUT2D eigenvalue weighted by Crippen LogP contribution is 2.17. The molecular weight excluding hydrogens is 336 g/mol. The molecule has 1 atom stereocenters. The topological polar surface area (TPSA) is 52.0 Å². The van der Waals surface area contributed by atoms with E-state index in [0.29, 0.717) is 6.04 Å². The normalized spacial score (nSPS) is 16.1. The van der Waals surface area contributed by atoms with Crippen LogP contribution in [0.4, 0.5) is 0 Å². The van der Waals surface area contributed by atoms with Crippen LogP contribution in [0.2, 0.25) is 0 Å². The summed E-state index contributed by atoms with van der Waals surface area (Å²) in [6, 6.07) is 15.0. The van der Waals surface area contributed by atoms with Gasteiger partial charge >= 0.3 is 0 Å². The van der Waals surface area contributed by atoms with Gasteiger partial charge in [-0.25, -0.2) is 4.68 Å². The molecule has 5 heteroatoms. The molecule has 4 rings (SSSR count). The van der Waals surface area contributed by atoms with Crippen LogP contribution in [0, 0.1) is 13.8 Å². The number of quaternary nitrogens is 2. The summed E-state index contributed by atoms with van der Waals surface area (Å²) in [5.41, 5.74) is 4.82. The Labute approximate surface area is 161 Å². The van der Waals surface area contributed by atoms with E-state index in [-0.39, 0.29) is 0 Å². The molecule has 5 nitrogen and oxygen atoms in total. The molecule has 1 saturated heterocycles. The van der Waals surface area contributed by atoms with Crippen molar-refractivity contribution < 1.29 is 14.6 Å². The lowest BCUT2D eigenvalue weighted by molar-refractivity contribution is -0.936. The Bertz CT molecular complexity index is 848. The molecule has 1 aliphatic heterocycles. The number of hydrogen-bond acceptors (Lipinski definition) is 2. The minimum atomic E-state index is 0.437. The first kappa shape index (κ1) is 18.0. The SMILES string of the molecule is Cc1nn(-c2ccccc2)c(C)c1C[NH2+]C[C@H](c1ccco1)[NH+]1CCCC1. The van der Waals surface area contributed by atoms with Gasteiger partial charge in [0.25, 0.3) is 0 Å². The van der Waals surface area contributed by atoms with Crippen LogP contribution in [0.5, 0.6) is 0 Å². The number of nitrogens with one attached hydrogen (secondary N) is 1. The van der Waals surface area contributed by atoms with Gasteiger partial charge in [0.15, 0.2) is 11.8 Å². The van der Waals surface area contributed by atoms with E-state index in [1.165, 1.54) is 37.2 Å². The maximum atomic E-state index is 5.76. The van der Waals surface area contributed by atoms with E-state index < -0.39 is 0 Å². The number of hydrogen-bond donors (Lipinski definition) is 2. The maximum Gasteiger partial charge on any atom is 0.195 e. The van der Waals surface area contributed by atoms with Crippen LogP contribution in [0.25, 0.3) is 5.69 Å². The number of aromatic nitrogens is 2. The second kappa shape index (κ2) is 8.11. The predicted molar refractivity (Wildman–Crippen MR) is 105 cm³/mol. The molecule has 0 saturated carbocycles. The van der Waals surface area contributed by atoms with Gasteiger partial charge in [-0.3, -0.25) is 0 Å². The number of likely N-dealkylation sites (tertiary alicyclic amines) is 1. The average molecular weight is 367 g/mol. The van der Waals surface area contributed by atoms with Gasteiger partial charge in [0.05, 0.1) is 42.0 Å². The Kier molecular flexibility index (Phi) is 5.41. The van der Waals surface area contributed by atoms with E-state index in [1.54, 1.807) is 11.2 Å². The van der Waals surface area contributed by atoms with Crippen molar-refractivity contribution in [3.05, 3.63) is 71.4 Å².